The number of hydrogen-bond acceptors (Lipinski definition) is 6. The van der Waals surface area contributed by atoms with Crippen molar-refractivity contribution in [2.45, 2.75) is 37.3 Å². The van der Waals surface area contributed by atoms with E-state index in [4.69, 9.17) is 16.3 Å². The predicted molar refractivity (Wildman–Crippen MR) is 158 cm³/mol. The molecule has 2 saturated heterocycles. The third-order valence-corrected chi connectivity index (χ3v) is 8.79. The summed E-state index contributed by atoms with van der Waals surface area (Å²) in [6, 6.07) is 16.9. The van der Waals surface area contributed by atoms with Crippen molar-refractivity contribution in [1.82, 2.24) is 24.3 Å². The van der Waals surface area contributed by atoms with E-state index >= 15 is 0 Å². The fraction of sp³-hybridized carbons (Fsp3) is 0.387. The zero-order chi connectivity index (χ0) is 28.6. The number of aromatic nitrogens is 3. The lowest BCUT2D eigenvalue weighted by Gasteiger charge is -2.43. The number of nitrogens with one attached hydrogen (secondary N) is 1. The molecule has 0 aliphatic carbocycles. The Kier molecular flexibility index (Phi) is 7.59. The van der Waals surface area contributed by atoms with E-state index in [0.29, 0.717) is 61.0 Å². The second-order valence-electron chi connectivity index (χ2n) is 11.1. The zero-order valence-electron chi connectivity index (χ0n) is 23.0. The minimum atomic E-state index is -1.43. The molecule has 2 aliphatic heterocycles. The van der Waals surface area contributed by atoms with Crippen LogP contribution in [0.2, 0.25) is 5.02 Å². The molecule has 2 N–H and O–H groups in total. The van der Waals surface area contributed by atoms with Crippen LogP contribution in [0.3, 0.4) is 0 Å². The summed E-state index contributed by atoms with van der Waals surface area (Å²) in [5, 5.41) is 16.1. The lowest BCUT2D eigenvalue weighted by atomic mass is 9.76. The van der Waals surface area contributed by atoms with Crippen LogP contribution in [-0.4, -0.2) is 68.9 Å². The maximum atomic E-state index is 13.7. The average molecular weight is 576 g/mol. The van der Waals surface area contributed by atoms with Crippen molar-refractivity contribution in [3.05, 3.63) is 88.1 Å². The topological polar surface area (TPSA) is 102 Å². The standard InChI is InChI=1S/C31H34ClN5O4/c1-41-25-16-23(32)15-24(17-25)37-14-9-26-28(37)34-20-36(29(26)38)19-21-7-12-35(13-8-21)30(39)31(40)10-11-33-18-27(31)22-5-3-2-4-6-22/h2-6,9,14-17,20-21,27,33,40H,7-8,10-13,18-19H2,1H3/t27-,31+/m0/s1. The van der Waals surface area contributed by atoms with Crippen molar-refractivity contribution in [2.75, 3.05) is 33.3 Å². The van der Waals surface area contributed by atoms with Gasteiger partial charge in [0.1, 0.15) is 5.75 Å². The molecule has 4 heterocycles. The highest BCUT2D eigenvalue weighted by atomic mass is 35.5. The molecule has 0 spiro atoms. The van der Waals surface area contributed by atoms with Crippen molar-refractivity contribution in [3.8, 4) is 11.4 Å². The van der Waals surface area contributed by atoms with E-state index in [1.165, 1.54) is 0 Å². The number of nitrogens with zero attached hydrogens (tertiary/aromatic N) is 4. The molecule has 2 atom stereocenters. The molecule has 9 nitrogen and oxygen atoms in total. The number of ether oxygens (including phenoxy) is 1. The number of benzene rings is 2. The van der Waals surface area contributed by atoms with Crippen LogP contribution in [0.25, 0.3) is 16.7 Å². The highest BCUT2D eigenvalue weighted by molar-refractivity contribution is 6.30. The normalized spacial score (nSPS) is 21.7. The lowest BCUT2D eigenvalue weighted by molar-refractivity contribution is -0.158. The monoisotopic (exact) mass is 575 g/mol. The van der Waals surface area contributed by atoms with E-state index in [0.717, 1.165) is 24.1 Å². The summed E-state index contributed by atoms with van der Waals surface area (Å²) < 4.78 is 8.83. The largest absolute Gasteiger partial charge is 0.497 e. The quantitative estimate of drug-likeness (QED) is 0.364. The summed E-state index contributed by atoms with van der Waals surface area (Å²) in [7, 11) is 1.58. The minimum absolute atomic E-state index is 0.101. The van der Waals surface area contributed by atoms with Gasteiger partial charge in [-0.1, -0.05) is 41.9 Å². The molecule has 2 aliphatic rings. The number of rotatable bonds is 6. The summed E-state index contributed by atoms with van der Waals surface area (Å²) in [6.45, 7) is 2.80. The molecule has 0 radical (unpaired) electrons. The zero-order valence-corrected chi connectivity index (χ0v) is 23.8. The third-order valence-electron chi connectivity index (χ3n) is 8.58. The number of carbonyl (C=O) groups is 1. The number of methoxy groups -OCH3 is 1. The predicted octanol–water partition coefficient (Wildman–Crippen LogP) is 3.60. The highest BCUT2D eigenvalue weighted by Gasteiger charge is 2.48. The molecule has 0 unspecified atom stereocenters. The van der Waals surface area contributed by atoms with Crippen LogP contribution < -0.4 is 15.6 Å². The van der Waals surface area contributed by atoms with Crippen molar-refractivity contribution in [3.63, 3.8) is 0 Å². The van der Waals surface area contributed by atoms with Gasteiger partial charge in [0.25, 0.3) is 11.5 Å². The van der Waals surface area contributed by atoms with Crippen molar-refractivity contribution < 1.29 is 14.6 Å². The van der Waals surface area contributed by atoms with Crippen molar-refractivity contribution in [1.29, 1.82) is 0 Å². The van der Waals surface area contributed by atoms with Crippen LogP contribution in [0, 0.1) is 5.92 Å². The van der Waals surface area contributed by atoms with E-state index in [1.807, 2.05) is 47.2 Å². The van der Waals surface area contributed by atoms with E-state index in [2.05, 4.69) is 10.3 Å². The molecular formula is C31H34ClN5O4. The molecule has 4 aromatic rings. The van der Waals surface area contributed by atoms with Gasteiger partial charge in [0.05, 0.1) is 24.5 Å². The first-order valence-electron chi connectivity index (χ1n) is 14.1. The van der Waals surface area contributed by atoms with E-state index in [-0.39, 0.29) is 23.3 Å². The van der Waals surface area contributed by atoms with E-state index in [9.17, 15) is 14.7 Å². The number of piperidine rings is 2. The van der Waals surface area contributed by atoms with Crippen LogP contribution in [0.4, 0.5) is 0 Å². The van der Waals surface area contributed by atoms with Gasteiger partial charge in [-0.25, -0.2) is 4.98 Å². The Morgan fingerprint density at radius 2 is 1.95 bits per heavy atom. The van der Waals surface area contributed by atoms with Crippen LogP contribution in [0.1, 0.15) is 30.7 Å². The van der Waals surface area contributed by atoms with E-state index < -0.39 is 5.60 Å². The number of halogens is 1. The maximum Gasteiger partial charge on any atom is 0.262 e. The number of fused-ring (bicyclic) bond motifs is 1. The molecule has 0 saturated carbocycles. The van der Waals surface area contributed by atoms with Gasteiger partial charge in [0, 0.05) is 49.4 Å². The molecule has 6 rings (SSSR count). The number of carbonyl (C=O) groups excluding carboxylic acids is 1. The average Bonchev–Trinajstić information content (AvgIpc) is 3.44. The highest BCUT2D eigenvalue weighted by Crippen LogP contribution is 2.36. The summed E-state index contributed by atoms with van der Waals surface area (Å²) in [5.41, 5.74) is 0.757. The Morgan fingerprint density at radius 3 is 2.71 bits per heavy atom. The molecule has 2 fully saturated rings. The first-order valence-corrected chi connectivity index (χ1v) is 14.4. The third kappa shape index (κ3) is 5.25. The first kappa shape index (κ1) is 27.5. The summed E-state index contributed by atoms with van der Waals surface area (Å²) >= 11 is 6.26. The summed E-state index contributed by atoms with van der Waals surface area (Å²) in [5.74, 6) is 0.364. The van der Waals surface area contributed by atoms with Gasteiger partial charge in [0.2, 0.25) is 0 Å². The van der Waals surface area contributed by atoms with Crippen LogP contribution >= 0.6 is 11.6 Å². The van der Waals surface area contributed by atoms with Gasteiger partial charge in [-0.3, -0.25) is 14.2 Å². The Balaban J connectivity index is 1.14. The fourth-order valence-corrected chi connectivity index (χ4v) is 6.49. The maximum absolute atomic E-state index is 13.7. The smallest absolute Gasteiger partial charge is 0.262 e. The van der Waals surface area contributed by atoms with Crippen LogP contribution in [0.5, 0.6) is 5.75 Å². The van der Waals surface area contributed by atoms with Gasteiger partial charge in [-0.2, -0.15) is 0 Å². The molecule has 214 valence electrons. The van der Waals surface area contributed by atoms with Crippen molar-refractivity contribution in [2.24, 2.45) is 5.92 Å². The minimum Gasteiger partial charge on any atom is -0.497 e. The van der Waals surface area contributed by atoms with Crippen LogP contribution in [0.15, 0.2) is 71.9 Å². The SMILES string of the molecule is COc1cc(Cl)cc(-n2ccc3c(=O)n(CC4CCN(C(=O)[C@@]5(O)CCNC[C@H]5c5ccccc5)CC4)cnc32)c1. The Hall–Kier alpha value is -3.66. The Labute approximate surface area is 243 Å². The summed E-state index contributed by atoms with van der Waals surface area (Å²) in [6.07, 6.45) is 5.30. The molecular weight excluding hydrogens is 542 g/mol. The van der Waals surface area contributed by atoms with Gasteiger partial charge in [-0.05, 0) is 55.5 Å². The fourth-order valence-electron chi connectivity index (χ4n) is 6.27. The Morgan fingerprint density at radius 1 is 1.17 bits per heavy atom. The Bertz CT molecular complexity index is 1610. The molecule has 10 heteroatoms. The molecule has 41 heavy (non-hydrogen) atoms. The number of hydrogen-bond donors (Lipinski definition) is 2. The molecule has 0 bridgehead atoms. The number of amides is 1. The van der Waals surface area contributed by atoms with Crippen LogP contribution in [-0.2, 0) is 11.3 Å². The first-order chi connectivity index (χ1) is 19.9. The van der Waals surface area contributed by atoms with E-state index in [1.54, 1.807) is 41.1 Å². The molecule has 1 amide bonds. The summed E-state index contributed by atoms with van der Waals surface area (Å²) in [4.78, 5) is 33.5. The van der Waals surface area contributed by atoms with Crippen molar-refractivity contribution >= 4 is 28.5 Å². The van der Waals surface area contributed by atoms with Gasteiger partial charge in [0.15, 0.2) is 11.2 Å². The number of likely N-dealkylation sites (tertiary alicyclic amines) is 1. The molecule has 2 aromatic heterocycles. The lowest BCUT2D eigenvalue weighted by Crippen LogP contribution is -2.59. The van der Waals surface area contributed by atoms with Gasteiger partial charge in [-0.15, -0.1) is 0 Å². The second kappa shape index (κ2) is 11.3. The number of aliphatic hydroxyl groups is 1. The van der Waals surface area contributed by atoms with Gasteiger partial charge >= 0.3 is 0 Å². The molecule has 2 aromatic carbocycles. The van der Waals surface area contributed by atoms with Gasteiger partial charge < -0.3 is 24.6 Å². The second-order valence-corrected chi connectivity index (χ2v) is 11.5.